The molecule has 1 saturated heterocycles. The van der Waals surface area contributed by atoms with E-state index in [1.54, 1.807) is 17.0 Å². The molecule has 1 heterocycles. The lowest BCUT2D eigenvalue weighted by molar-refractivity contribution is -0.274. The first-order valence-electron chi connectivity index (χ1n) is 9.27. The van der Waals surface area contributed by atoms with Gasteiger partial charge in [-0.2, -0.15) is 0 Å². The molecule has 4 nitrogen and oxygen atoms in total. The topological polar surface area (TPSA) is 55.6 Å². The predicted octanol–water partition coefficient (Wildman–Crippen LogP) is 4.06. The van der Waals surface area contributed by atoms with Gasteiger partial charge in [-0.25, -0.2) is 0 Å². The number of rotatable bonds is 4. The fourth-order valence-corrected chi connectivity index (χ4v) is 4.11. The van der Waals surface area contributed by atoms with E-state index in [0.717, 1.165) is 5.56 Å². The zero-order valence-electron chi connectivity index (χ0n) is 15.5. The Morgan fingerprint density at radius 2 is 1.66 bits per heavy atom. The summed E-state index contributed by atoms with van der Waals surface area (Å²) in [5.41, 5.74) is 7.79. The fourth-order valence-electron chi connectivity index (χ4n) is 4.11. The molecule has 2 N–H and O–H groups in total. The van der Waals surface area contributed by atoms with Crippen LogP contribution < -0.4 is 10.5 Å². The highest BCUT2D eigenvalue weighted by atomic mass is 35.5. The Balaban J connectivity index is 0.00000240. The highest BCUT2D eigenvalue weighted by Gasteiger charge is 2.49. The molecule has 0 spiro atoms. The molecule has 29 heavy (non-hydrogen) atoms. The Kier molecular flexibility index (Phi) is 6.10. The van der Waals surface area contributed by atoms with Crippen LogP contribution in [-0.2, 0) is 4.79 Å². The van der Waals surface area contributed by atoms with Gasteiger partial charge < -0.3 is 15.4 Å². The minimum Gasteiger partial charge on any atom is -0.405 e. The molecule has 0 aromatic heterocycles. The lowest BCUT2D eigenvalue weighted by Gasteiger charge is -2.17. The van der Waals surface area contributed by atoms with Crippen molar-refractivity contribution in [2.75, 3.05) is 13.1 Å². The van der Waals surface area contributed by atoms with Crippen LogP contribution in [0.5, 0.6) is 5.75 Å². The predicted molar refractivity (Wildman–Crippen MR) is 105 cm³/mol. The van der Waals surface area contributed by atoms with Gasteiger partial charge in [-0.05, 0) is 29.5 Å². The van der Waals surface area contributed by atoms with Crippen molar-refractivity contribution in [1.29, 1.82) is 0 Å². The standard InChI is InChI=1S/C21H21F3N2O2.ClH/c22-21(23,24)28-19-9-5-4-8-14(19)15-10-16(15)20(27)26-11-17(18(25)12-26)13-6-2-1-3-7-13;/h1-9,15-18H,10-12,25H2;1H/t15?,16?,17-,18+;/m0./s1. The average molecular weight is 427 g/mol. The summed E-state index contributed by atoms with van der Waals surface area (Å²) >= 11 is 0. The first-order chi connectivity index (χ1) is 13.3. The van der Waals surface area contributed by atoms with Crippen LogP contribution >= 0.6 is 12.4 Å². The summed E-state index contributed by atoms with van der Waals surface area (Å²) in [5, 5.41) is 0. The van der Waals surface area contributed by atoms with Crippen molar-refractivity contribution in [3.63, 3.8) is 0 Å². The van der Waals surface area contributed by atoms with Crippen molar-refractivity contribution >= 4 is 18.3 Å². The van der Waals surface area contributed by atoms with Crippen molar-refractivity contribution in [2.24, 2.45) is 11.7 Å². The number of amides is 1. The van der Waals surface area contributed by atoms with Crippen LogP contribution in [0.3, 0.4) is 0 Å². The molecule has 2 aromatic carbocycles. The Bertz CT molecular complexity index is 863. The van der Waals surface area contributed by atoms with Crippen LogP contribution in [0.4, 0.5) is 13.2 Å². The number of hydrogen-bond acceptors (Lipinski definition) is 3. The second kappa shape index (κ2) is 8.24. The van der Waals surface area contributed by atoms with E-state index in [9.17, 15) is 18.0 Å². The van der Waals surface area contributed by atoms with E-state index >= 15 is 0 Å². The number of ether oxygens (including phenoxy) is 1. The maximum Gasteiger partial charge on any atom is 0.573 e. The van der Waals surface area contributed by atoms with Gasteiger partial charge in [0.15, 0.2) is 0 Å². The quantitative estimate of drug-likeness (QED) is 0.802. The number of benzene rings is 2. The smallest absolute Gasteiger partial charge is 0.405 e. The monoisotopic (exact) mass is 426 g/mol. The van der Waals surface area contributed by atoms with Crippen LogP contribution in [-0.4, -0.2) is 36.3 Å². The third-order valence-electron chi connectivity index (χ3n) is 5.56. The van der Waals surface area contributed by atoms with Gasteiger partial charge in [0.2, 0.25) is 5.91 Å². The molecule has 2 aromatic rings. The maximum atomic E-state index is 12.9. The van der Waals surface area contributed by atoms with Crippen molar-refractivity contribution < 1.29 is 22.7 Å². The van der Waals surface area contributed by atoms with Crippen molar-refractivity contribution in [2.45, 2.75) is 30.7 Å². The van der Waals surface area contributed by atoms with E-state index in [0.29, 0.717) is 25.1 Å². The SMILES string of the molecule is Cl.N[C@@H]1CN(C(=O)C2CC2c2ccccc2OC(F)(F)F)C[C@H]1c1ccccc1. The van der Waals surface area contributed by atoms with Gasteiger partial charge >= 0.3 is 6.36 Å². The molecule has 2 fully saturated rings. The molecule has 8 heteroatoms. The largest absolute Gasteiger partial charge is 0.573 e. The second-order valence-electron chi connectivity index (χ2n) is 7.46. The van der Waals surface area contributed by atoms with Crippen LogP contribution in [0.25, 0.3) is 0 Å². The summed E-state index contributed by atoms with van der Waals surface area (Å²) < 4.78 is 42.1. The van der Waals surface area contributed by atoms with Gasteiger partial charge in [0, 0.05) is 31.0 Å². The molecule has 0 radical (unpaired) electrons. The number of halogens is 4. The zero-order chi connectivity index (χ0) is 19.9. The fraction of sp³-hybridized carbons (Fsp3) is 0.381. The Hall–Kier alpha value is -2.25. The van der Waals surface area contributed by atoms with Crippen molar-refractivity contribution in [3.8, 4) is 5.75 Å². The number of alkyl halides is 3. The Morgan fingerprint density at radius 1 is 1.00 bits per heavy atom. The van der Waals surface area contributed by atoms with Gasteiger partial charge in [-0.3, -0.25) is 4.79 Å². The highest BCUT2D eigenvalue weighted by molar-refractivity contribution is 5.85. The van der Waals surface area contributed by atoms with Crippen molar-refractivity contribution in [3.05, 3.63) is 65.7 Å². The Labute approximate surface area is 173 Å². The molecule has 2 aliphatic rings. The van der Waals surface area contributed by atoms with E-state index in [1.807, 2.05) is 30.3 Å². The van der Waals surface area contributed by atoms with E-state index in [-0.39, 0.29) is 47.9 Å². The minimum absolute atomic E-state index is 0. The second-order valence-corrected chi connectivity index (χ2v) is 7.46. The summed E-state index contributed by atoms with van der Waals surface area (Å²) in [6.45, 7) is 0.996. The molecule has 4 rings (SSSR count). The molecule has 1 saturated carbocycles. The lowest BCUT2D eigenvalue weighted by atomic mass is 9.95. The van der Waals surface area contributed by atoms with Crippen molar-refractivity contribution in [1.82, 2.24) is 4.90 Å². The van der Waals surface area contributed by atoms with Crippen LogP contribution in [0.1, 0.15) is 29.4 Å². The first-order valence-corrected chi connectivity index (χ1v) is 9.27. The molecule has 156 valence electrons. The lowest BCUT2D eigenvalue weighted by Crippen LogP contribution is -2.33. The number of nitrogens with two attached hydrogens (primary N) is 1. The molecule has 1 amide bonds. The normalized spacial score (nSPS) is 26.0. The molecule has 0 bridgehead atoms. The summed E-state index contributed by atoms with van der Waals surface area (Å²) in [6, 6.07) is 15.7. The number of para-hydroxylation sites is 1. The molecule has 1 aliphatic heterocycles. The summed E-state index contributed by atoms with van der Waals surface area (Å²) in [6.07, 6.45) is -4.23. The molecule has 1 aliphatic carbocycles. The number of carbonyl (C=O) groups is 1. The molecule has 4 atom stereocenters. The number of hydrogen-bond donors (Lipinski definition) is 1. The average Bonchev–Trinajstić information content (AvgIpc) is 3.35. The van der Waals surface area contributed by atoms with Crippen LogP contribution in [0.15, 0.2) is 54.6 Å². The summed E-state index contributed by atoms with van der Waals surface area (Å²) in [4.78, 5) is 14.7. The maximum absolute atomic E-state index is 12.9. The molecular weight excluding hydrogens is 405 g/mol. The number of carbonyl (C=O) groups excluding carboxylic acids is 1. The number of likely N-dealkylation sites (tertiary alicyclic amines) is 1. The Morgan fingerprint density at radius 3 is 2.34 bits per heavy atom. The first kappa shape index (κ1) is 21.5. The van der Waals surface area contributed by atoms with Gasteiger partial charge in [0.05, 0.1) is 0 Å². The van der Waals surface area contributed by atoms with E-state index in [2.05, 4.69) is 4.74 Å². The zero-order valence-corrected chi connectivity index (χ0v) is 16.3. The highest BCUT2D eigenvalue weighted by Crippen LogP contribution is 2.52. The van der Waals surface area contributed by atoms with E-state index in [1.165, 1.54) is 12.1 Å². The van der Waals surface area contributed by atoms with Gasteiger partial charge in [-0.15, -0.1) is 25.6 Å². The number of nitrogens with zero attached hydrogens (tertiary/aromatic N) is 1. The molecule has 2 unspecified atom stereocenters. The minimum atomic E-state index is -4.75. The third kappa shape index (κ3) is 4.67. The van der Waals surface area contributed by atoms with Crippen LogP contribution in [0.2, 0.25) is 0 Å². The van der Waals surface area contributed by atoms with E-state index in [4.69, 9.17) is 5.73 Å². The van der Waals surface area contributed by atoms with Gasteiger partial charge in [0.1, 0.15) is 5.75 Å². The van der Waals surface area contributed by atoms with Gasteiger partial charge in [-0.1, -0.05) is 48.5 Å². The summed E-state index contributed by atoms with van der Waals surface area (Å²) in [7, 11) is 0. The van der Waals surface area contributed by atoms with E-state index < -0.39 is 6.36 Å². The summed E-state index contributed by atoms with van der Waals surface area (Å²) in [5.74, 6) is -0.766. The third-order valence-corrected chi connectivity index (χ3v) is 5.56. The van der Waals surface area contributed by atoms with Gasteiger partial charge in [0.25, 0.3) is 0 Å². The van der Waals surface area contributed by atoms with Crippen LogP contribution in [0, 0.1) is 5.92 Å². The molecular formula is C21H22ClF3N2O2.